The van der Waals surface area contributed by atoms with Gasteiger partial charge in [0.25, 0.3) is 5.69 Å². The Balaban J connectivity index is 3.36. The van der Waals surface area contributed by atoms with E-state index >= 15 is 0 Å². The molecule has 3 N–H and O–H groups in total. The third kappa shape index (κ3) is 2.08. The van der Waals surface area contributed by atoms with Crippen LogP contribution in [0.25, 0.3) is 0 Å². The number of nitro groups is 1. The van der Waals surface area contributed by atoms with Gasteiger partial charge in [0.05, 0.1) is 4.92 Å². The summed E-state index contributed by atoms with van der Waals surface area (Å²) in [5.41, 5.74) is -0.485. The molecule has 0 aromatic heterocycles. The summed E-state index contributed by atoms with van der Waals surface area (Å²) in [4.78, 5) is 26.9. The average molecular weight is 219 g/mol. The summed E-state index contributed by atoms with van der Waals surface area (Å²) in [6, 6.07) is 2.47. The number of nitro benzene ring substituents is 1. The number of rotatable bonds is 2. The summed E-state index contributed by atoms with van der Waals surface area (Å²) in [6.07, 6.45) is 0. The summed E-state index contributed by atoms with van der Waals surface area (Å²) in [5, 5.41) is 18.6. The topological polar surface area (TPSA) is 121 Å². The van der Waals surface area contributed by atoms with Gasteiger partial charge < -0.3 is 14.9 Å². The molecule has 0 unspecified atom stereocenters. The molecular weight excluding hydrogens is 213 g/mol. The third-order valence-electron chi connectivity index (χ3n) is 1.48. The van der Waals surface area contributed by atoms with Crippen molar-refractivity contribution in [3.63, 3.8) is 0 Å². The van der Waals surface area contributed by atoms with Crippen LogP contribution in [0, 0.1) is 10.1 Å². The van der Waals surface area contributed by atoms with Crippen molar-refractivity contribution in [2.24, 2.45) is 0 Å². The van der Waals surface area contributed by atoms with Gasteiger partial charge in [0.15, 0.2) is 0 Å². The Hall–Kier alpha value is -1.43. The molecule has 0 radical (unpaired) electrons. The Morgan fingerprint density at radius 3 is 2.36 bits per heavy atom. The molecule has 1 aromatic carbocycles. The lowest BCUT2D eigenvalue weighted by atomic mass is 10.3. The minimum absolute atomic E-state index is 0.485. The van der Waals surface area contributed by atoms with Gasteiger partial charge in [0, 0.05) is 12.1 Å². The van der Waals surface area contributed by atoms with Gasteiger partial charge in [-0.3, -0.25) is 14.7 Å². The first kappa shape index (κ1) is 10.6. The number of hydrogen-bond donors (Lipinski definition) is 3. The van der Waals surface area contributed by atoms with E-state index in [9.17, 15) is 14.7 Å². The van der Waals surface area contributed by atoms with Crippen LogP contribution < -0.4 is 5.30 Å². The Morgan fingerprint density at radius 2 is 1.93 bits per heavy atom. The van der Waals surface area contributed by atoms with Crippen molar-refractivity contribution >= 4 is 18.6 Å². The molecular formula is C6H6NO6P. The zero-order valence-electron chi connectivity index (χ0n) is 6.69. The van der Waals surface area contributed by atoms with Gasteiger partial charge in [-0.2, -0.15) is 0 Å². The first-order valence-electron chi connectivity index (χ1n) is 3.36. The summed E-state index contributed by atoms with van der Waals surface area (Å²) in [5.74, 6) is -0.663. The Labute approximate surface area is 77.9 Å². The largest absolute Gasteiger partial charge is 0.507 e. The fourth-order valence-electron chi connectivity index (χ4n) is 0.859. The lowest BCUT2D eigenvalue weighted by Gasteiger charge is -2.05. The maximum Gasteiger partial charge on any atom is 0.360 e. The van der Waals surface area contributed by atoms with E-state index in [1.54, 1.807) is 0 Å². The van der Waals surface area contributed by atoms with Gasteiger partial charge in [0.1, 0.15) is 11.1 Å². The predicted octanol–water partition coefficient (Wildman–Crippen LogP) is 0.103. The highest BCUT2D eigenvalue weighted by molar-refractivity contribution is 7.60. The van der Waals surface area contributed by atoms with E-state index in [0.717, 1.165) is 12.1 Å². The van der Waals surface area contributed by atoms with Crippen molar-refractivity contribution in [3.8, 4) is 5.75 Å². The van der Waals surface area contributed by atoms with Gasteiger partial charge in [0.2, 0.25) is 0 Å². The fourth-order valence-corrected chi connectivity index (χ4v) is 1.53. The van der Waals surface area contributed by atoms with Crippen LogP contribution >= 0.6 is 7.60 Å². The maximum atomic E-state index is 10.7. The third-order valence-corrected chi connectivity index (χ3v) is 2.47. The van der Waals surface area contributed by atoms with Gasteiger partial charge in [-0.25, -0.2) is 0 Å². The van der Waals surface area contributed by atoms with Crippen molar-refractivity contribution in [2.45, 2.75) is 0 Å². The number of nitrogens with zero attached hydrogens (tertiary/aromatic N) is 1. The fraction of sp³-hybridized carbons (Fsp3) is 0. The molecule has 8 heteroatoms. The number of aromatic hydroxyl groups is 1. The molecule has 0 aliphatic carbocycles. The highest BCUT2D eigenvalue weighted by Crippen LogP contribution is 2.38. The van der Waals surface area contributed by atoms with E-state index in [4.69, 9.17) is 14.9 Å². The second kappa shape index (κ2) is 3.38. The molecule has 0 bridgehead atoms. The van der Waals surface area contributed by atoms with E-state index < -0.39 is 29.3 Å². The zero-order chi connectivity index (χ0) is 10.9. The van der Waals surface area contributed by atoms with Crippen molar-refractivity contribution in [3.05, 3.63) is 28.3 Å². The second-order valence-electron chi connectivity index (χ2n) is 2.47. The molecule has 0 aliphatic heterocycles. The molecule has 76 valence electrons. The van der Waals surface area contributed by atoms with Crippen molar-refractivity contribution < 1.29 is 24.4 Å². The number of non-ortho nitro benzene ring substituents is 1. The monoisotopic (exact) mass is 219 g/mol. The van der Waals surface area contributed by atoms with Crippen LogP contribution in [0.5, 0.6) is 5.75 Å². The Kier molecular flexibility index (Phi) is 2.57. The van der Waals surface area contributed by atoms with Crippen LogP contribution in [-0.2, 0) is 4.57 Å². The molecule has 0 spiro atoms. The van der Waals surface area contributed by atoms with E-state index in [2.05, 4.69) is 0 Å². The highest BCUT2D eigenvalue weighted by atomic mass is 31.2. The first-order chi connectivity index (χ1) is 6.32. The molecule has 1 rings (SSSR count). The van der Waals surface area contributed by atoms with Crippen LogP contribution in [0.4, 0.5) is 5.69 Å². The number of phenols is 1. The van der Waals surface area contributed by atoms with E-state index in [-0.39, 0.29) is 0 Å². The Morgan fingerprint density at radius 1 is 1.36 bits per heavy atom. The normalized spacial score (nSPS) is 11.3. The molecule has 14 heavy (non-hydrogen) atoms. The van der Waals surface area contributed by atoms with E-state index in [1.807, 2.05) is 0 Å². The number of phenolic OH excluding ortho intramolecular Hbond substituents is 1. The summed E-state index contributed by atoms with van der Waals surface area (Å²) < 4.78 is 10.7. The van der Waals surface area contributed by atoms with E-state index in [1.165, 1.54) is 0 Å². The van der Waals surface area contributed by atoms with Crippen molar-refractivity contribution in [1.82, 2.24) is 0 Å². The molecule has 0 saturated carbocycles. The molecule has 0 amide bonds. The molecule has 1 aromatic rings. The average Bonchev–Trinajstić information content (AvgIpc) is 2.02. The second-order valence-corrected chi connectivity index (χ2v) is 4.04. The van der Waals surface area contributed by atoms with Gasteiger partial charge in [-0.15, -0.1) is 0 Å². The zero-order valence-corrected chi connectivity index (χ0v) is 7.59. The lowest BCUT2D eigenvalue weighted by Crippen LogP contribution is -2.05. The van der Waals surface area contributed by atoms with Crippen LogP contribution in [0.2, 0.25) is 0 Å². The minimum Gasteiger partial charge on any atom is -0.507 e. The summed E-state index contributed by atoms with van der Waals surface area (Å²) in [7, 11) is -4.68. The van der Waals surface area contributed by atoms with Crippen LogP contribution in [0.15, 0.2) is 18.2 Å². The molecule has 0 aliphatic rings. The van der Waals surface area contributed by atoms with Crippen LogP contribution in [-0.4, -0.2) is 19.8 Å². The molecule has 0 fully saturated rings. The lowest BCUT2D eigenvalue weighted by molar-refractivity contribution is -0.384. The quantitative estimate of drug-likeness (QED) is 0.368. The van der Waals surface area contributed by atoms with Gasteiger partial charge in [-0.05, 0) is 6.07 Å². The predicted molar refractivity (Wildman–Crippen MR) is 46.4 cm³/mol. The first-order valence-corrected chi connectivity index (χ1v) is 4.97. The van der Waals surface area contributed by atoms with Crippen LogP contribution in [0.3, 0.4) is 0 Å². The SMILES string of the molecule is O=[N+]([O-])c1ccc(O)c(P(=O)(O)O)c1. The highest BCUT2D eigenvalue weighted by Gasteiger charge is 2.24. The van der Waals surface area contributed by atoms with Crippen LogP contribution in [0.1, 0.15) is 0 Å². The molecule has 7 nitrogen and oxygen atoms in total. The number of hydrogen-bond acceptors (Lipinski definition) is 4. The van der Waals surface area contributed by atoms with Gasteiger partial charge in [-0.1, -0.05) is 0 Å². The standard InChI is InChI=1S/C6H6NO6P/c8-5-2-1-4(7(9)10)3-6(5)14(11,12)13/h1-3,8H,(H2,11,12,13). The van der Waals surface area contributed by atoms with Gasteiger partial charge >= 0.3 is 7.60 Å². The molecule has 0 heterocycles. The number of benzene rings is 1. The van der Waals surface area contributed by atoms with Crippen molar-refractivity contribution in [1.29, 1.82) is 0 Å². The molecule has 0 saturated heterocycles. The molecule has 0 atom stereocenters. The van der Waals surface area contributed by atoms with Crippen molar-refractivity contribution in [2.75, 3.05) is 0 Å². The Bertz CT molecular complexity index is 424. The summed E-state index contributed by atoms with van der Waals surface area (Å²) in [6.45, 7) is 0. The minimum atomic E-state index is -4.68. The van der Waals surface area contributed by atoms with E-state index in [0.29, 0.717) is 6.07 Å². The smallest absolute Gasteiger partial charge is 0.360 e. The summed E-state index contributed by atoms with van der Waals surface area (Å²) >= 11 is 0. The maximum absolute atomic E-state index is 10.7.